The third kappa shape index (κ3) is 8.12. The van der Waals surface area contributed by atoms with E-state index in [0.717, 1.165) is 0 Å². The number of hydrogen-bond acceptors (Lipinski definition) is 6. The number of sulfonamides is 1. The predicted molar refractivity (Wildman–Crippen MR) is 170 cm³/mol. The third-order valence-electron chi connectivity index (χ3n) is 7.34. The highest BCUT2D eigenvalue weighted by atomic mass is 35.5. The van der Waals surface area contributed by atoms with Crippen molar-refractivity contribution in [3.8, 4) is 0 Å². The minimum atomic E-state index is -3.96. The molecule has 12 heteroatoms. The van der Waals surface area contributed by atoms with Crippen LogP contribution < -0.4 is 10.3 Å². The number of nitrogens with one attached hydrogen (secondary N) is 1. The van der Waals surface area contributed by atoms with Gasteiger partial charge in [-0.15, -0.1) is 0 Å². The van der Waals surface area contributed by atoms with Crippen LogP contribution in [-0.2, 0) is 27.8 Å². The van der Waals surface area contributed by atoms with Gasteiger partial charge in [0.25, 0.3) is 5.91 Å². The van der Waals surface area contributed by atoms with Crippen molar-refractivity contribution in [1.82, 2.24) is 9.73 Å². The first kappa shape index (κ1) is 32.2. The zero-order valence-electron chi connectivity index (χ0n) is 24.4. The summed E-state index contributed by atoms with van der Waals surface area (Å²) in [5.41, 5.74) is 5.48. The first-order chi connectivity index (χ1) is 21.6. The van der Waals surface area contributed by atoms with E-state index in [-0.39, 0.29) is 23.8 Å². The Morgan fingerprint density at radius 3 is 2.07 bits per heavy atom. The maximum Gasteiger partial charge on any atom is 0.271 e. The lowest BCUT2D eigenvalue weighted by atomic mass is 10.1. The van der Waals surface area contributed by atoms with Gasteiger partial charge in [0.1, 0.15) is 11.6 Å². The molecule has 4 aromatic rings. The minimum absolute atomic E-state index is 0.00447. The van der Waals surface area contributed by atoms with Gasteiger partial charge in [0.15, 0.2) is 0 Å². The molecule has 234 valence electrons. The van der Waals surface area contributed by atoms with E-state index in [0.29, 0.717) is 65.0 Å². The summed E-state index contributed by atoms with van der Waals surface area (Å²) in [5, 5.41) is 4.55. The fraction of sp³-hybridized carbons (Fsp3) is 0.212. The van der Waals surface area contributed by atoms with Crippen LogP contribution in [0.2, 0.25) is 5.02 Å². The van der Waals surface area contributed by atoms with Crippen LogP contribution in [0.5, 0.6) is 0 Å². The molecule has 0 spiro atoms. The molecule has 1 aliphatic rings. The molecule has 0 aliphatic carbocycles. The molecule has 0 bridgehead atoms. The Morgan fingerprint density at radius 1 is 0.889 bits per heavy atom. The maximum absolute atomic E-state index is 14.8. The van der Waals surface area contributed by atoms with Gasteiger partial charge in [-0.1, -0.05) is 41.9 Å². The molecule has 1 aliphatic heterocycles. The van der Waals surface area contributed by atoms with E-state index in [1.54, 1.807) is 43.3 Å². The maximum atomic E-state index is 14.8. The molecule has 0 radical (unpaired) electrons. The largest absolute Gasteiger partial charge is 0.378 e. The average Bonchev–Trinajstić information content (AvgIpc) is 3.05. The van der Waals surface area contributed by atoms with Crippen LogP contribution >= 0.6 is 11.6 Å². The Hall–Kier alpha value is -4.16. The number of amides is 1. The molecular weight excluding hydrogens is 622 g/mol. The van der Waals surface area contributed by atoms with Gasteiger partial charge in [-0.25, -0.2) is 22.6 Å². The lowest BCUT2D eigenvalue weighted by Gasteiger charge is -2.29. The first-order valence-electron chi connectivity index (χ1n) is 14.2. The highest BCUT2D eigenvalue weighted by Gasteiger charge is 2.25. The summed E-state index contributed by atoms with van der Waals surface area (Å²) < 4.78 is 62.1. The van der Waals surface area contributed by atoms with Gasteiger partial charge < -0.3 is 9.64 Å². The van der Waals surface area contributed by atoms with Crippen LogP contribution in [0.15, 0.2) is 101 Å². The molecule has 1 amide bonds. The fourth-order valence-electron chi connectivity index (χ4n) is 4.80. The van der Waals surface area contributed by atoms with Crippen LogP contribution in [0, 0.1) is 11.6 Å². The smallest absolute Gasteiger partial charge is 0.271 e. The molecule has 0 unspecified atom stereocenters. The van der Waals surface area contributed by atoms with Crippen LogP contribution in [0.4, 0.5) is 14.5 Å². The van der Waals surface area contributed by atoms with Crippen molar-refractivity contribution in [2.75, 3.05) is 31.2 Å². The molecule has 0 atom stereocenters. The van der Waals surface area contributed by atoms with Crippen molar-refractivity contribution < 1.29 is 26.7 Å². The van der Waals surface area contributed by atoms with Crippen LogP contribution in [0.1, 0.15) is 34.0 Å². The Morgan fingerprint density at radius 2 is 1.47 bits per heavy atom. The van der Waals surface area contributed by atoms with Gasteiger partial charge in [-0.05, 0) is 78.7 Å². The molecule has 1 N–H and O–H groups in total. The number of halogens is 3. The molecule has 0 aromatic heterocycles. The van der Waals surface area contributed by atoms with Crippen LogP contribution in [0.25, 0.3) is 0 Å². The normalized spacial score (nSPS) is 14.1. The predicted octanol–water partition coefficient (Wildman–Crippen LogP) is 6.00. The number of ether oxygens (including phenoxy) is 1. The number of benzene rings is 4. The molecule has 45 heavy (non-hydrogen) atoms. The Balaban J connectivity index is 1.27. The second-order valence-electron chi connectivity index (χ2n) is 10.5. The topological polar surface area (TPSA) is 91.3 Å². The number of rotatable bonds is 10. The van der Waals surface area contributed by atoms with Crippen LogP contribution in [-0.4, -0.2) is 50.6 Å². The molecule has 8 nitrogen and oxygen atoms in total. The van der Waals surface area contributed by atoms with E-state index in [2.05, 4.69) is 10.5 Å². The standard InChI is InChI=1S/C33H31ClF2N4O4S/c1-23(27-8-15-32(31(36)20-27)39-16-18-44-19-17-39)37-38-33(41)26-6-2-24(3-7-26)21-40(22-25-4-11-29(35)12-5-25)45(42,43)30-13-9-28(34)10-14-30/h2-15,20H,16-19,21-22H2,1H3,(H,38,41). The number of hydrogen-bond donors (Lipinski definition) is 1. The molecule has 1 fully saturated rings. The Kier molecular flexibility index (Phi) is 10.2. The summed E-state index contributed by atoms with van der Waals surface area (Å²) in [6.45, 7) is 3.98. The number of nitrogens with zero attached hydrogens (tertiary/aromatic N) is 3. The van der Waals surface area contributed by atoms with E-state index in [9.17, 15) is 22.0 Å². The Labute approximate surface area is 265 Å². The van der Waals surface area contributed by atoms with E-state index >= 15 is 0 Å². The monoisotopic (exact) mass is 652 g/mol. The lowest BCUT2D eigenvalue weighted by Crippen LogP contribution is -2.36. The summed E-state index contributed by atoms with van der Waals surface area (Å²) in [5.74, 6) is -1.28. The number of anilines is 1. The molecule has 5 rings (SSSR count). The van der Waals surface area contributed by atoms with Crippen molar-refractivity contribution >= 4 is 38.9 Å². The van der Waals surface area contributed by atoms with Crippen molar-refractivity contribution in [3.05, 3.63) is 130 Å². The highest BCUT2D eigenvalue weighted by Crippen LogP contribution is 2.24. The Bertz CT molecular complexity index is 1780. The molecular formula is C33H31ClF2N4O4S. The SMILES string of the molecule is CC(=NNC(=O)c1ccc(CN(Cc2ccc(F)cc2)S(=O)(=O)c2ccc(Cl)cc2)cc1)c1ccc(N2CCOCC2)c(F)c1. The number of hydrazone groups is 1. The fourth-order valence-corrected chi connectivity index (χ4v) is 6.34. The van der Waals surface area contributed by atoms with Gasteiger partial charge in [0.05, 0.1) is 29.5 Å². The van der Waals surface area contributed by atoms with E-state index < -0.39 is 21.7 Å². The molecule has 1 heterocycles. The second-order valence-corrected chi connectivity index (χ2v) is 12.8. The molecule has 4 aromatic carbocycles. The second kappa shape index (κ2) is 14.3. The summed E-state index contributed by atoms with van der Waals surface area (Å²) in [6, 6.07) is 22.7. The van der Waals surface area contributed by atoms with Gasteiger partial charge in [-0.3, -0.25) is 4.79 Å². The quantitative estimate of drug-likeness (QED) is 0.168. The zero-order chi connectivity index (χ0) is 32.0. The summed E-state index contributed by atoms with van der Waals surface area (Å²) in [7, 11) is -3.96. The molecule has 1 saturated heterocycles. The van der Waals surface area contributed by atoms with E-state index in [1.165, 1.54) is 58.9 Å². The van der Waals surface area contributed by atoms with Gasteiger partial charge in [0.2, 0.25) is 10.0 Å². The minimum Gasteiger partial charge on any atom is -0.378 e. The van der Waals surface area contributed by atoms with E-state index in [1.807, 2.05) is 4.90 Å². The summed E-state index contributed by atoms with van der Waals surface area (Å²) >= 11 is 5.96. The van der Waals surface area contributed by atoms with Gasteiger partial charge >= 0.3 is 0 Å². The summed E-state index contributed by atoms with van der Waals surface area (Å²) in [6.07, 6.45) is 0. The van der Waals surface area contributed by atoms with Crippen molar-refractivity contribution in [2.45, 2.75) is 24.9 Å². The number of morpholine rings is 1. The summed E-state index contributed by atoms with van der Waals surface area (Å²) in [4.78, 5) is 14.8. The highest BCUT2D eigenvalue weighted by molar-refractivity contribution is 7.89. The van der Waals surface area contributed by atoms with Gasteiger partial charge in [0, 0.05) is 42.3 Å². The first-order valence-corrected chi connectivity index (χ1v) is 16.0. The third-order valence-corrected chi connectivity index (χ3v) is 9.40. The van der Waals surface area contributed by atoms with Crippen molar-refractivity contribution in [1.29, 1.82) is 0 Å². The van der Waals surface area contributed by atoms with Crippen LogP contribution in [0.3, 0.4) is 0 Å². The number of carbonyl (C=O) groups is 1. The number of carbonyl (C=O) groups excluding carboxylic acids is 1. The zero-order valence-corrected chi connectivity index (χ0v) is 26.0. The van der Waals surface area contributed by atoms with Crippen molar-refractivity contribution in [2.24, 2.45) is 5.10 Å². The average molecular weight is 653 g/mol. The van der Waals surface area contributed by atoms with E-state index in [4.69, 9.17) is 16.3 Å². The lowest BCUT2D eigenvalue weighted by molar-refractivity contribution is 0.0954. The van der Waals surface area contributed by atoms with Gasteiger partial charge in [-0.2, -0.15) is 9.41 Å². The van der Waals surface area contributed by atoms with Crippen molar-refractivity contribution in [3.63, 3.8) is 0 Å². The molecule has 0 saturated carbocycles.